The van der Waals surface area contributed by atoms with E-state index < -0.39 is 30.0 Å². The SMILES string of the molecule is CC#C/C(=C\c1ccccc1C)NC(=O)[C@H](O)[C@@H](O)C(=O)NCc1ccc(C(=O)OC)cc1. The van der Waals surface area contributed by atoms with Crippen LogP contribution in [0.3, 0.4) is 0 Å². The Labute approximate surface area is 192 Å². The van der Waals surface area contributed by atoms with E-state index in [-0.39, 0.29) is 12.2 Å². The molecule has 0 heterocycles. The van der Waals surface area contributed by atoms with Crippen molar-refractivity contribution in [2.45, 2.75) is 32.6 Å². The molecule has 0 saturated carbocycles. The molecule has 2 amide bonds. The number of esters is 1. The first-order valence-corrected chi connectivity index (χ1v) is 10.1. The molecule has 0 unspecified atom stereocenters. The lowest BCUT2D eigenvalue weighted by Crippen LogP contribution is -2.49. The third-order valence-electron chi connectivity index (χ3n) is 4.68. The van der Waals surface area contributed by atoms with Crippen molar-refractivity contribution in [1.29, 1.82) is 0 Å². The van der Waals surface area contributed by atoms with Gasteiger partial charge in [0.1, 0.15) is 0 Å². The fraction of sp³-hybridized carbons (Fsp3) is 0.240. The maximum absolute atomic E-state index is 12.4. The molecule has 0 spiro atoms. The number of methoxy groups -OCH3 is 1. The number of aliphatic hydroxyl groups is 2. The molecule has 0 aliphatic rings. The van der Waals surface area contributed by atoms with E-state index in [1.54, 1.807) is 25.1 Å². The highest BCUT2D eigenvalue weighted by atomic mass is 16.5. The Bertz CT molecular complexity index is 1100. The molecule has 8 heteroatoms. The van der Waals surface area contributed by atoms with Gasteiger partial charge in [0, 0.05) is 6.54 Å². The molecule has 0 radical (unpaired) electrons. The highest BCUT2D eigenvalue weighted by Crippen LogP contribution is 2.11. The molecule has 2 rings (SSSR count). The van der Waals surface area contributed by atoms with Crippen LogP contribution in [0.2, 0.25) is 0 Å². The Balaban J connectivity index is 1.99. The lowest BCUT2D eigenvalue weighted by Gasteiger charge is -2.17. The molecule has 0 bridgehead atoms. The third kappa shape index (κ3) is 7.31. The van der Waals surface area contributed by atoms with Crippen molar-refractivity contribution in [2.24, 2.45) is 0 Å². The van der Waals surface area contributed by atoms with Crippen molar-refractivity contribution in [1.82, 2.24) is 10.6 Å². The fourth-order valence-electron chi connectivity index (χ4n) is 2.81. The standard InChI is InChI=1S/C25H26N2O6/c1-4-7-20(14-19-9-6-5-8-16(19)2)27-24(31)22(29)21(28)23(30)26-15-17-10-12-18(13-11-17)25(32)33-3/h5-6,8-14,21-22,28-29H,15H2,1-3H3,(H,26,30)(H,27,31)/b20-14+/t21-,22-/m1/s1. The van der Waals surface area contributed by atoms with Crippen LogP contribution >= 0.6 is 0 Å². The number of nitrogens with one attached hydrogen (secondary N) is 2. The van der Waals surface area contributed by atoms with Crippen molar-refractivity contribution in [2.75, 3.05) is 7.11 Å². The summed E-state index contributed by atoms with van der Waals surface area (Å²) in [7, 11) is 1.27. The molecule has 2 aromatic rings. The molecular formula is C25H26N2O6. The summed E-state index contributed by atoms with van der Waals surface area (Å²) in [6.07, 6.45) is -2.36. The normalized spacial score (nSPS) is 12.6. The summed E-state index contributed by atoms with van der Waals surface area (Å²) in [5.74, 6) is 3.01. The summed E-state index contributed by atoms with van der Waals surface area (Å²) in [5.41, 5.74) is 2.99. The number of amides is 2. The van der Waals surface area contributed by atoms with E-state index in [2.05, 4.69) is 27.2 Å². The number of rotatable bonds is 8. The fourth-order valence-corrected chi connectivity index (χ4v) is 2.81. The van der Waals surface area contributed by atoms with Crippen molar-refractivity contribution in [3.8, 4) is 11.8 Å². The van der Waals surface area contributed by atoms with Crippen LogP contribution in [0.15, 0.2) is 54.2 Å². The molecule has 0 aliphatic carbocycles. The van der Waals surface area contributed by atoms with E-state index in [4.69, 9.17) is 0 Å². The van der Waals surface area contributed by atoms with E-state index in [9.17, 15) is 24.6 Å². The van der Waals surface area contributed by atoms with Gasteiger partial charge in [0.15, 0.2) is 12.2 Å². The smallest absolute Gasteiger partial charge is 0.337 e. The number of hydrogen-bond donors (Lipinski definition) is 4. The third-order valence-corrected chi connectivity index (χ3v) is 4.68. The Hall–Kier alpha value is -3.93. The number of benzene rings is 2. The maximum atomic E-state index is 12.4. The second-order valence-corrected chi connectivity index (χ2v) is 7.07. The number of carbonyl (C=O) groups excluding carboxylic acids is 3. The summed E-state index contributed by atoms with van der Waals surface area (Å²) >= 11 is 0. The highest BCUT2D eigenvalue weighted by molar-refractivity contribution is 5.92. The van der Waals surface area contributed by atoms with Crippen LogP contribution in [0.5, 0.6) is 0 Å². The van der Waals surface area contributed by atoms with Crippen molar-refractivity contribution in [3.05, 3.63) is 76.5 Å². The van der Waals surface area contributed by atoms with Gasteiger partial charge in [-0.3, -0.25) is 9.59 Å². The molecule has 8 nitrogen and oxygen atoms in total. The van der Waals surface area contributed by atoms with Gasteiger partial charge in [0.25, 0.3) is 11.8 Å². The van der Waals surface area contributed by atoms with Gasteiger partial charge in [-0.1, -0.05) is 42.3 Å². The number of aryl methyl sites for hydroxylation is 1. The topological polar surface area (TPSA) is 125 Å². The zero-order chi connectivity index (χ0) is 24.4. The van der Waals surface area contributed by atoms with E-state index in [0.717, 1.165) is 11.1 Å². The van der Waals surface area contributed by atoms with Crippen LogP contribution in [0.25, 0.3) is 6.08 Å². The summed E-state index contributed by atoms with van der Waals surface area (Å²) < 4.78 is 4.62. The lowest BCUT2D eigenvalue weighted by molar-refractivity contribution is -0.145. The van der Waals surface area contributed by atoms with E-state index in [1.165, 1.54) is 19.2 Å². The summed E-state index contributed by atoms with van der Waals surface area (Å²) in [4.78, 5) is 36.1. The van der Waals surface area contributed by atoms with Gasteiger partial charge < -0.3 is 25.6 Å². The molecule has 2 aromatic carbocycles. The lowest BCUT2D eigenvalue weighted by atomic mass is 10.1. The number of allylic oxidation sites excluding steroid dienone is 1. The molecular weight excluding hydrogens is 424 g/mol. The molecule has 172 valence electrons. The number of aliphatic hydroxyl groups excluding tert-OH is 2. The van der Waals surface area contributed by atoms with Crippen LogP contribution in [0.4, 0.5) is 0 Å². The monoisotopic (exact) mass is 450 g/mol. The predicted octanol–water partition coefficient (Wildman–Crippen LogP) is 1.30. The zero-order valence-electron chi connectivity index (χ0n) is 18.6. The van der Waals surface area contributed by atoms with Crippen LogP contribution in [0, 0.1) is 18.8 Å². The Morgan fingerprint density at radius 2 is 1.67 bits per heavy atom. The largest absolute Gasteiger partial charge is 0.465 e. The van der Waals surface area contributed by atoms with Gasteiger partial charge >= 0.3 is 5.97 Å². The van der Waals surface area contributed by atoms with Crippen LogP contribution < -0.4 is 10.6 Å². The first-order chi connectivity index (χ1) is 15.8. The van der Waals surface area contributed by atoms with E-state index in [1.807, 2.05) is 31.2 Å². The minimum Gasteiger partial charge on any atom is -0.465 e. The first kappa shape index (κ1) is 25.3. The van der Waals surface area contributed by atoms with E-state index >= 15 is 0 Å². The zero-order valence-corrected chi connectivity index (χ0v) is 18.6. The number of hydrogen-bond acceptors (Lipinski definition) is 6. The van der Waals surface area contributed by atoms with Gasteiger partial charge in [0.05, 0.1) is 18.4 Å². The van der Waals surface area contributed by atoms with Gasteiger partial charge in [-0.05, 0) is 54.7 Å². The van der Waals surface area contributed by atoms with Crippen molar-refractivity contribution >= 4 is 23.9 Å². The first-order valence-electron chi connectivity index (χ1n) is 10.1. The molecule has 0 aliphatic heterocycles. The van der Waals surface area contributed by atoms with Gasteiger partial charge in [-0.25, -0.2) is 4.79 Å². The summed E-state index contributed by atoms with van der Waals surface area (Å²) in [6, 6.07) is 13.7. The summed E-state index contributed by atoms with van der Waals surface area (Å²) in [6.45, 7) is 3.51. The maximum Gasteiger partial charge on any atom is 0.337 e. The van der Waals surface area contributed by atoms with Crippen LogP contribution in [-0.2, 0) is 20.9 Å². The van der Waals surface area contributed by atoms with Crippen LogP contribution in [0.1, 0.15) is 34.0 Å². The summed E-state index contributed by atoms with van der Waals surface area (Å²) in [5, 5.41) is 25.2. The Morgan fingerprint density at radius 1 is 1.03 bits per heavy atom. The number of ether oxygens (including phenoxy) is 1. The second-order valence-electron chi connectivity index (χ2n) is 7.07. The van der Waals surface area contributed by atoms with Gasteiger partial charge in [-0.15, -0.1) is 0 Å². The molecule has 0 aromatic heterocycles. The minimum absolute atomic E-state index is 0.0193. The molecule has 2 atom stereocenters. The molecule has 33 heavy (non-hydrogen) atoms. The average molecular weight is 450 g/mol. The van der Waals surface area contributed by atoms with Crippen LogP contribution in [-0.4, -0.2) is 47.3 Å². The Kier molecular flexibility index (Phi) is 9.36. The molecule has 0 fully saturated rings. The van der Waals surface area contributed by atoms with Crippen molar-refractivity contribution in [3.63, 3.8) is 0 Å². The minimum atomic E-state index is -2.01. The number of carbonyl (C=O) groups is 3. The second kappa shape index (κ2) is 12.2. The molecule has 0 saturated heterocycles. The van der Waals surface area contributed by atoms with Gasteiger partial charge in [0.2, 0.25) is 0 Å². The Morgan fingerprint density at radius 3 is 2.27 bits per heavy atom. The quantitative estimate of drug-likeness (QED) is 0.355. The van der Waals surface area contributed by atoms with Crippen molar-refractivity contribution < 1.29 is 29.3 Å². The predicted molar refractivity (Wildman–Crippen MR) is 122 cm³/mol. The molecule has 4 N–H and O–H groups in total. The van der Waals surface area contributed by atoms with E-state index in [0.29, 0.717) is 11.1 Å². The van der Waals surface area contributed by atoms with Gasteiger partial charge in [-0.2, -0.15) is 0 Å². The average Bonchev–Trinajstić information content (AvgIpc) is 2.82. The highest BCUT2D eigenvalue weighted by Gasteiger charge is 2.30.